The normalized spacial score (nSPS) is 17.5. The predicted molar refractivity (Wildman–Crippen MR) is 71.8 cm³/mol. The average Bonchev–Trinajstić information content (AvgIpc) is 3.13. The van der Waals surface area contributed by atoms with Crippen molar-refractivity contribution in [2.75, 3.05) is 12.8 Å². The summed E-state index contributed by atoms with van der Waals surface area (Å²) in [6.45, 7) is 7.29. The number of nitrogen functional groups attached to an aromatic ring is 1. The summed E-state index contributed by atoms with van der Waals surface area (Å²) in [5.74, 6) is 0.892. The van der Waals surface area contributed by atoms with Gasteiger partial charge < -0.3 is 5.73 Å². The number of anilines is 1. The third kappa shape index (κ3) is 2.60. The van der Waals surface area contributed by atoms with Crippen LogP contribution < -0.4 is 5.73 Å². The largest absolute Gasteiger partial charge is 0.398 e. The van der Waals surface area contributed by atoms with Crippen molar-refractivity contribution < 1.29 is 0 Å². The lowest BCUT2D eigenvalue weighted by Gasteiger charge is -2.25. The van der Waals surface area contributed by atoms with Crippen molar-refractivity contribution in [2.45, 2.75) is 46.2 Å². The molecule has 1 aromatic rings. The Bertz CT molecular complexity index is 410. The molecule has 0 saturated heterocycles. The van der Waals surface area contributed by atoms with Crippen LogP contribution in [0.15, 0.2) is 6.20 Å². The Labute approximate surface area is 104 Å². The molecule has 2 N–H and O–H groups in total. The number of nitrogens with two attached hydrogens (primary N) is 1. The lowest BCUT2D eigenvalue weighted by molar-refractivity contribution is 0.223. The summed E-state index contributed by atoms with van der Waals surface area (Å²) in [5, 5.41) is 0. The molecule has 0 aliphatic heterocycles. The van der Waals surface area contributed by atoms with Crippen molar-refractivity contribution in [2.24, 2.45) is 5.92 Å². The smallest absolute Gasteiger partial charge is 0.0593 e. The molecule has 1 saturated carbocycles. The monoisotopic (exact) mass is 233 g/mol. The van der Waals surface area contributed by atoms with Crippen molar-refractivity contribution in [3.8, 4) is 0 Å². The van der Waals surface area contributed by atoms with Gasteiger partial charge in [-0.25, -0.2) is 0 Å². The number of hydrogen-bond donors (Lipinski definition) is 1. The van der Waals surface area contributed by atoms with Gasteiger partial charge in [0.1, 0.15) is 0 Å². The highest BCUT2D eigenvalue weighted by molar-refractivity contribution is 5.53. The molecule has 94 valence electrons. The van der Waals surface area contributed by atoms with Gasteiger partial charge in [-0.15, -0.1) is 0 Å². The molecule has 1 fully saturated rings. The minimum atomic E-state index is 0.652. The number of hydrogen-bond acceptors (Lipinski definition) is 3. The second-order valence-electron chi connectivity index (χ2n) is 5.42. The molecule has 0 spiro atoms. The van der Waals surface area contributed by atoms with Crippen LogP contribution in [0.5, 0.6) is 0 Å². The fourth-order valence-electron chi connectivity index (χ4n) is 2.27. The van der Waals surface area contributed by atoms with Crippen molar-refractivity contribution in [1.29, 1.82) is 0 Å². The van der Waals surface area contributed by atoms with Crippen LogP contribution in [0.1, 0.15) is 36.6 Å². The van der Waals surface area contributed by atoms with Gasteiger partial charge in [0.2, 0.25) is 0 Å². The van der Waals surface area contributed by atoms with E-state index in [2.05, 4.69) is 30.8 Å². The molecule has 1 aliphatic rings. The molecular formula is C14H23N3. The first-order chi connectivity index (χ1) is 8.00. The van der Waals surface area contributed by atoms with Gasteiger partial charge in [-0.3, -0.25) is 9.88 Å². The van der Waals surface area contributed by atoms with Crippen molar-refractivity contribution in [1.82, 2.24) is 9.88 Å². The van der Waals surface area contributed by atoms with Gasteiger partial charge in [0.25, 0.3) is 0 Å². The number of nitrogens with zero attached hydrogens (tertiary/aromatic N) is 2. The highest BCUT2D eigenvalue weighted by Crippen LogP contribution is 2.35. The minimum Gasteiger partial charge on any atom is -0.398 e. The van der Waals surface area contributed by atoms with Crippen LogP contribution in [-0.2, 0) is 6.54 Å². The van der Waals surface area contributed by atoms with E-state index in [-0.39, 0.29) is 0 Å². The molecule has 0 amide bonds. The van der Waals surface area contributed by atoms with E-state index in [1.807, 2.05) is 13.1 Å². The zero-order valence-electron chi connectivity index (χ0n) is 11.3. The second-order valence-corrected chi connectivity index (χ2v) is 5.42. The summed E-state index contributed by atoms with van der Waals surface area (Å²) in [6.07, 6.45) is 4.65. The first kappa shape index (κ1) is 12.4. The second kappa shape index (κ2) is 4.65. The lowest BCUT2D eigenvalue weighted by atomic mass is 10.1. The van der Waals surface area contributed by atoms with E-state index in [9.17, 15) is 0 Å². The number of rotatable bonds is 4. The van der Waals surface area contributed by atoms with Crippen molar-refractivity contribution in [3.05, 3.63) is 23.0 Å². The fraction of sp³-hybridized carbons (Fsp3) is 0.643. The fourth-order valence-corrected chi connectivity index (χ4v) is 2.27. The van der Waals surface area contributed by atoms with Gasteiger partial charge in [0.05, 0.1) is 5.69 Å². The maximum Gasteiger partial charge on any atom is 0.0593 e. The van der Waals surface area contributed by atoms with Crippen LogP contribution in [-0.4, -0.2) is 23.0 Å². The van der Waals surface area contributed by atoms with Gasteiger partial charge in [-0.05, 0) is 57.7 Å². The Kier molecular flexibility index (Phi) is 3.38. The molecular weight excluding hydrogens is 210 g/mol. The molecule has 3 heteroatoms. The highest BCUT2D eigenvalue weighted by atomic mass is 15.1. The van der Waals surface area contributed by atoms with Crippen LogP contribution in [0.4, 0.5) is 5.69 Å². The summed E-state index contributed by atoms with van der Waals surface area (Å²) >= 11 is 0. The molecule has 0 radical (unpaired) electrons. The quantitative estimate of drug-likeness (QED) is 0.869. The molecule has 1 aromatic heterocycles. The van der Waals surface area contributed by atoms with Crippen LogP contribution in [0.25, 0.3) is 0 Å². The van der Waals surface area contributed by atoms with Crippen LogP contribution in [0.3, 0.4) is 0 Å². The van der Waals surface area contributed by atoms with E-state index in [4.69, 9.17) is 5.73 Å². The average molecular weight is 233 g/mol. The molecule has 17 heavy (non-hydrogen) atoms. The Balaban J connectivity index is 2.10. The zero-order chi connectivity index (χ0) is 12.6. The predicted octanol–water partition coefficient (Wildman–Crippen LogP) is 2.51. The molecule has 1 aliphatic carbocycles. The molecule has 0 bridgehead atoms. The summed E-state index contributed by atoms with van der Waals surface area (Å²) in [4.78, 5) is 6.91. The SMILES string of the molecule is Cc1cnc(CN(C)C(C)C2CC2)c(C)c1N. The van der Waals surface area contributed by atoms with Gasteiger partial charge >= 0.3 is 0 Å². The van der Waals surface area contributed by atoms with Crippen LogP contribution in [0.2, 0.25) is 0 Å². The van der Waals surface area contributed by atoms with Gasteiger partial charge in [0, 0.05) is 24.5 Å². The Morgan fingerprint density at radius 2 is 2.12 bits per heavy atom. The Hall–Kier alpha value is -1.09. The van der Waals surface area contributed by atoms with Crippen molar-refractivity contribution >= 4 is 5.69 Å². The van der Waals surface area contributed by atoms with Crippen molar-refractivity contribution in [3.63, 3.8) is 0 Å². The molecule has 2 rings (SSSR count). The first-order valence-corrected chi connectivity index (χ1v) is 6.41. The van der Waals surface area contributed by atoms with Gasteiger partial charge in [0.15, 0.2) is 0 Å². The van der Waals surface area contributed by atoms with E-state index in [1.165, 1.54) is 12.8 Å². The van der Waals surface area contributed by atoms with E-state index in [0.29, 0.717) is 6.04 Å². The third-order valence-electron chi connectivity index (χ3n) is 4.07. The molecule has 1 atom stereocenters. The van der Waals surface area contributed by atoms with E-state index < -0.39 is 0 Å². The summed E-state index contributed by atoms with van der Waals surface area (Å²) in [6, 6.07) is 0.652. The van der Waals surface area contributed by atoms with E-state index >= 15 is 0 Å². The van der Waals surface area contributed by atoms with Gasteiger partial charge in [-0.1, -0.05) is 0 Å². The summed E-state index contributed by atoms with van der Waals surface area (Å²) in [5.41, 5.74) is 10.3. The van der Waals surface area contributed by atoms with E-state index in [1.54, 1.807) is 0 Å². The summed E-state index contributed by atoms with van der Waals surface area (Å²) < 4.78 is 0. The Morgan fingerprint density at radius 3 is 2.71 bits per heavy atom. The van der Waals surface area contributed by atoms with Gasteiger partial charge in [-0.2, -0.15) is 0 Å². The topological polar surface area (TPSA) is 42.2 Å². The van der Waals surface area contributed by atoms with Crippen LogP contribution >= 0.6 is 0 Å². The third-order valence-corrected chi connectivity index (χ3v) is 4.07. The molecule has 1 heterocycles. The zero-order valence-corrected chi connectivity index (χ0v) is 11.3. The standard InChI is InChI=1S/C14H23N3/c1-9-7-16-13(10(2)14(9)15)8-17(4)11(3)12-5-6-12/h7,11-12H,5-6,8H2,1-4H3,(H2,15,16). The van der Waals surface area contributed by atoms with Crippen LogP contribution in [0, 0.1) is 19.8 Å². The molecule has 0 aromatic carbocycles. The maximum atomic E-state index is 6.05. The lowest BCUT2D eigenvalue weighted by Crippen LogP contribution is -2.31. The number of aromatic nitrogens is 1. The minimum absolute atomic E-state index is 0.652. The first-order valence-electron chi connectivity index (χ1n) is 6.41. The molecule has 1 unspecified atom stereocenters. The maximum absolute atomic E-state index is 6.05. The van der Waals surface area contributed by atoms with E-state index in [0.717, 1.165) is 35.0 Å². The Morgan fingerprint density at radius 1 is 1.47 bits per heavy atom. The summed E-state index contributed by atoms with van der Waals surface area (Å²) in [7, 11) is 2.18. The molecule has 3 nitrogen and oxygen atoms in total. The number of aryl methyl sites for hydroxylation is 1. The highest BCUT2D eigenvalue weighted by Gasteiger charge is 2.30. The number of pyridine rings is 1.